The van der Waals surface area contributed by atoms with E-state index >= 15 is 0 Å². The van der Waals surface area contributed by atoms with Crippen LogP contribution in [0.3, 0.4) is 0 Å². The van der Waals surface area contributed by atoms with Crippen LogP contribution in [-0.4, -0.2) is 0 Å². The van der Waals surface area contributed by atoms with Crippen molar-refractivity contribution in [3.8, 4) is 22.3 Å². The minimum Gasteiger partial charge on any atom is -0.456 e. The largest absolute Gasteiger partial charge is 0.456 e. The molecule has 0 atom stereocenters. The molecule has 0 saturated heterocycles. The molecule has 4 saturated carbocycles. The normalized spacial score (nSPS) is 22.5. The number of allylic oxidation sites excluding steroid dienone is 5. The number of furan rings is 1. The zero-order chi connectivity index (χ0) is 40.5. The zero-order valence-electron chi connectivity index (χ0n) is 34.5. The summed E-state index contributed by atoms with van der Waals surface area (Å²) in [5.41, 5.74) is 17.3. The summed E-state index contributed by atoms with van der Waals surface area (Å²) in [6, 6.07) is 61.7. The van der Waals surface area contributed by atoms with Crippen LogP contribution in [0.2, 0.25) is 0 Å². The first-order valence-electron chi connectivity index (χ1n) is 22.3. The van der Waals surface area contributed by atoms with Crippen LogP contribution in [0.15, 0.2) is 205 Å². The molecule has 5 aliphatic carbocycles. The molecule has 0 N–H and O–H groups in total. The molecule has 1 aromatic heterocycles. The molecule has 0 aliphatic heterocycles. The highest BCUT2D eigenvalue weighted by Crippen LogP contribution is 2.69. The van der Waals surface area contributed by atoms with Crippen LogP contribution in [-0.2, 0) is 11.8 Å². The van der Waals surface area contributed by atoms with Crippen LogP contribution >= 0.6 is 0 Å². The summed E-state index contributed by atoms with van der Waals surface area (Å²) in [4.78, 5) is 2.38. The fourth-order valence-electron chi connectivity index (χ4n) is 12.7. The summed E-state index contributed by atoms with van der Waals surface area (Å²) in [7, 11) is 0. The fourth-order valence-corrected chi connectivity index (χ4v) is 12.7. The third kappa shape index (κ3) is 5.76. The van der Waals surface area contributed by atoms with E-state index in [1.807, 2.05) is 6.07 Å². The van der Waals surface area contributed by atoms with E-state index in [9.17, 15) is 0 Å². The molecule has 61 heavy (non-hydrogen) atoms. The predicted molar refractivity (Wildman–Crippen MR) is 254 cm³/mol. The van der Waals surface area contributed by atoms with E-state index in [2.05, 4.69) is 193 Å². The Hall–Kier alpha value is -6.64. The maximum absolute atomic E-state index is 6.39. The average molecular weight is 788 g/mol. The van der Waals surface area contributed by atoms with Crippen molar-refractivity contribution < 1.29 is 4.42 Å². The van der Waals surface area contributed by atoms with Gasteiger partial charge in [0.1, 0.15) is 11.2 Å². The van der Waals surface area contributed by atoms with E-state index in [0.29, 0.717) is 0 Å². The van der Waals surface area contributed by atoms with Crippen LogP contribution in [0.1, 0.15) is 48.8 Å². The molecule has 0 amide bonds. The summed E-state index contributed by atoms with van der Waals surface area (Å²) in [6.07, 6.45) is 15.0. The second-order valence-electron chi connectivity index (χ2n) is 18.1. The third-order valence-electron chi connectivity index (χ3n) is 15.0. The molecular weight excluding hydrogens is 739 g/mol. The standard InChI is InChI=1S/C59H49NO/c1-2-49-51-19-8-10-21-54(51)59(45-35-39-34-40(37-45)38-46(59)36-39)53(49)22-12-17-43-16-6-7-18-50(43)44-28-32-48(33-29-44)60(47-30-26-42(27-31-47)41-14-4-3-5-15-41)55-23-13-25-57-58(55)52-20-9-11-24-56(52)61-57/h2-16,18-33,39-40,45-46H,1,17,34-38H2/b22-12-. The Morgan fingerprint density at radius 3 is 1.90 bits per heavy atom. The Bertz CT molecular complexity index is 2990. The van der Waals surface area contributed by atoms with E-state index in [1.165, 1.54) is 76.6 Å². The molecule has 4 bridgehead atoms. The molecule has 5 aliphatic rings. The van der Waals surface area contributed by atoms with Gasteiger partial charge in [-0.1, -0.05) is 152 Å². The first-order valence-corrected chi connectivity index (χ1v) is 22.3. The van der Waals surface area contributed by atoms with Crippen LogP contribution < -0.4 is 4.90 Å². The van der Waals surface area contributed by atoms with Gasteiger partial charge in [-0.3, -0.25) is 0 Å². The van der Waals surface area contributed by atoms with Gasteiger partial charge in [-0.05, 0) is 155 Å². The lowest BCUT2D eigenvalue weighted by Crippen LogP contribution is -2.55. The Morgan fingerprint density at radius 2 is 1.16 bits per heavy atom. The lowest BCUT2D eigenvalue weighted by molar-refractivity contribution is -0.0406. The lowest BCUT2D eigenvalue weighted by atomic mass is 9.42. The second-order valence-corrected chi connectivity index (χ2v) is 18.1. The molecule has 2 heteroatoms. The Balaban J connectivity index is 0.898. The van der Waals surface area contributed by atoms with Crippen molar-refractivity contribution in [2.75, 3.05) is 4.90 Å². The molecule has 1 spiro atoms. The minimum atomic E-state index is 0.125. The number of rotatable bonds is 9. The van der Waals surface area contributed by atoms with Crippen molar-refractivity contribution in [1.29, 1.82) is 0 Å². The molecule has 1 heterocycles. The molecule has 8 aromatic rings. The topological polar surface area (TPSA) is 16.4 Å². The van der Waals surface area contributed by atoms with Crippen molar-refractivity contribution in [1.82, 2.24) is 0 Å². The number of hydrogen-bond acceptors (Lipinski definition) is 2. The van der Waals surface area contributed by atoms with Gasteiger partial charge >= 0.3 is 0 Å². The first-order chi connectivity index (χ1) is 30.2. The lowest BCUT2D eigenvalue weighted by Gasteiger charge is -2.61. The number of fused-ring (bicyclic) bond motifs is 4. The highest BCUT2D eigenvalue weighted by Gasteiger charge is 2.61. The van der Waals surface area contributed by atoms with E-state index in [-0.39, 0.29) is 5.41 Å². The van der Waals surface area contributed by atoms with Crippen LogP contribution in [0, 0.1) is 23.7 Å². The van der Waals surface area contributed by atoms with Gasteiger partial charge in [0.05, 0.1) is 11.1 Å². The molecule has 13 rings (SSSR count). The molecule has 296 valence electrons. The minimum absolute atomic E-state index is 0.125. The van der Waals surface area contributed by atoms with Gasteiger partial charge < -0.3 is 9.32 Å². The SMILES string of the molecule is C=CC1=C(/C=C\Cc2ccccc2-c2ccc(N(c3ccc(-c4ccccc4)cc3)c3cccc4oc5ccccc5c34)cc2)C2(c3ccccc31)C1CC3CC(C1)CC2C3. The van der Waals surface area contributed by atoms with Gasteiger partial charge in [0.25, 0.3) is 0 Å². The summed E-state index contributed by atoms with van der Waals surface area (Å²) in [5.74, 6) is 3.30. The maximum atomic E-state index is 6.39. The van der Waals surface area contributed by atoms with Gasteiger partial charge in [0.15, 0.2) is 0 Å². The highest BCUT2D eigenvalue weighted by atomic mass is 16.3. The average Bonchev–Trinajstić information content (AvgIpc) is 3.83. The number of para-hydroxylation sites is 1. The Labute approximate surface area is 359 Å². The van der Waals surface area contributed by atoms with Crippen LogP contribution in [0.4, 0.5) is 17.1 Å². The monoisotopic (exact) mass is 787 g/mol. The summed E-state index contributed by atoms with van der Waals surface area (Å²) in [5, 5.41) is 2.23. The molecule has 0 unspecified atom stereocenters. The smallest absolute Gasteiger partial charge is 0.137 e. The van der Waals surface area contributed by atoms with Crippen molar-refractivity contribution in [3.05, 3.63) is 217 Å². The van der Waals surface area contributed by atoms with Crippen molar-refractivity contribution in [3.63, 3.8) is 0 Å². The Morgan fingerprint density at radius 1 is 0.557 bits per heavy atom. The number of hydrogen-bond donors (Lipinski definition) is 0. The fraction of sp³-hybridized carbons (Fsp3) is 0.186. The summed E-state index contributed by atoms with van der Waals surface area (Å²) in [6.45, 7) is 4.41. The zero-order valence-corrected chi connectivity index (χ0v) is 34.5. The molecule has 7 aromatic carbocycles. The Kier molecular flexibility index (Phi) is 8.63. The maximum Gasteiger partial charge on any atom is 0.137 e. The van der Waals surface area contributed by atoms with E-state index in [1.54, 1.807) is 5.56 Å². The van der Waals surface area contributed by atoms with Crippen molar-refractivity contribution >= 4 is 44.6 Å². The first kappa shape index (κ1) is 36.2. The van der Waals surface area contributed by atoms with Crippen molar-refractivity contribution in [2.24, 2.45) is 23.7 Å². The van der Waals surface area contributed by atoms with Crippen molar-refractivity contribution in [2.45, 2.75) is 43.9 Å². The van der Waals surface area contributed by atoms with Gasteiger partial charge in [-0.2, -0.15) is 0 Å². The van der Waals surface area contributed by atoms with Gasteiger partial charge in [-0.25, -0.2) is 0 Å². The summed E-state index contributed by atoms with van der Waals surface area (Å²) >= 11 is 0. The molecule has 4 fully saturated rings. The van der Waals surface area contributed by atoms with Crippen LogP contribution in [0.5, 0.6) is 0 Å². The van der Waals surface area contributed by atoms with E-state index in [0.717, 1.165) is 69.1 Å². The van der Waals surface area contributed by atoms with E-state index < -0.39 is 0 Å². The highest BCUT2D eigenvalue weighted by molar-refractivity contribution is 6.13. The molecular formula is C59H49NO. The second kappa shape index (κ2) is 14.5. The predicted octanol–water partition coefficient (Wildman–Crippen LogP) is 15.8. The van der Waals surface area contributed by atoms with Gasteiger partial charge in [-0.15, -0.1) is 0 Å². The molecule has 0 radical (unpaired) electrons. The van der Waals surface area contributed by atoms with Gasteiger partial charge in [0, 0.05) is 22.2 Å². The third-order valence-corrected chi connectivity index (χ3v) is 15.0. The van der Waals surface area contributed by atoms with E-state index in [4.69, 9.17) is 4.42 Å². The number of anilines is 3. The number of nitrogens with zero attached hydrogens (tertiary/aromatic N) is 1. The molecule has 2 nitrogen and oxygen atoms in total. The van der Waals surface area contributed by atoms with Gasteiger partial charge in [0.2, 0.25) is 0 Å². The summed E-state index contributed by atoms with van der Waals surface area (Å²) < 4.78 is 6.39. The quantitative estimate of drug-likeness (QED) is 0.145. The number of benzene rings is 7. The van der Waals surface area contributed by atoms with Crippen LogP contribution in [0.25, 0.3) is 49.8 Å².